The Morgan fingerprint density at radius 1 is 1.12 bits per heavy atom. The highest BCUT2D eigenvalue weighted by Crippen LogP contribution is 2.09. The summed E-state index contributed by atoms with van der Waals surface area (Å²) in [5.41, 5.74) is 1.24. The second kappa shape index (κ2) is 6.72. The standard InChI is InChI=1S/C14H26N2/c1-12(2)7-5-6-8-16-10-14(15-11-16)9-13(3)4/h10-13H,5-9H2,1-4H3. The van der Waals surface area contributed by atoms with Gasteiger partial charge in [-0.3, -0.25) is 0 Å². The van der Waals surface area contributed by atoms with Crippen LogP contribution in [0.1, 0.15) is 52.7 Å². The molecule has 0 bridgehead atoms. The Morgan fingerprint density at radius 2 is 1.88 bits per heavy atom. The first-order valence-electron chi connectivity index (χ1n) is 6.58. The minimum Gasteiger partial charge on any atom is -0.337 e. The molecule has 0 aliphatic rings. The SMILES string of the molecule is CC(C)CCCCn1cnc(CC(C)C)c1. The van der Waals surface area contributed by atoms with Gasteiger partial charge in [-0.1, -0.05) is 40.5 Å². The molecule has 0 saturated heterocycles. The number of unbranched alkanes of at least 4 members (excludes halogenated alkanes) is 1. The topological polar surface area (TPSA) is 17.8 Å². The highest BCUT2D eigenvalue weighted by molar-refractivity contribution is 4.97. The van der Waals surface area contributed by atoms with Gasteiger partial charge in [0, 0.05) is 12.7 Å². The third kappa shape index (κ3) is 5.34. The van der Waals surface area contributed by atoms with Crippen LogP contribution in [-0.2, 0) is 13.0 Å². The van der Waals surface area contributed by atoms with E-state index in [2.05, 4.69) is 43.4 Å². The summed E-state index contributed by atoms with van der Waals surface area (Å²) in [5.74, 6) is 1.53. The van der Waals surface area contributed by atoms with Crippen molar-refractivity contribution >= 4 is 0 Å². The summed E-state index contributed by atoms with van der Waals surface area (Å²) in [5, 5.41) is 0. The zero-order valence-electron chi connectivity index (χ0n) is 11.2. The first-order valence-corrected chi connectivity index (χ1v) is 6.58. The molecule has 16 heavy (non-hydrogen) atoms. The highest BCUT2D eigenvalue weighted by atomic mass is 15.0. The monoisotopic (exact) mass is 222 g/mol. The fourth-order valence-electron chi connectivity index (χ4n) is 1.90. The summed E-state index contributed by atoms with van der Waals surface area (Å²) >= 11 is 0. The van der Waals surface area contributed by atoms with Crippen molar-refractivity contribution in [3.63, 3.8) is 0 Å². The molecule has 1 heterocycles. The van der Waals surface area contributed by atoms with Crippen LogP contribution in [0.4, 0.5) is 0 Å². The molecule has 0 N–H and O–H groups in total. The lowest BCUT2D eigenvalue weighted by molar-refractivity contribution is 0.509. The molecule has 0 radical (unpaired) electrons. The molecule has 92 valence electrons. The summed E-state index contributed by atoms with van der Waals surface area (Å²) in [6, 6.07) is 0. The van der Waals surface area contributed by atoms with E-state index in [1.54, 1.807) is 0 Å². The Labute approximate surface area is 100 Å². The summed E-state index contributed by atoms with van der Waals surface area (Å²) in [6.45, 7) is 10.2. The van der Waals surface area contributed by atoms with Crippen LogP contribution in [0.2, 0.25) is 0 Å². The molecule has 1 rings (SSSR count). The Balaban J connectivity index is 2.24. The first kappa shape index (κ1) is 13.3. The molecular weight excluding hydrogens is 196 g/mol. The van der Waals surface area contributed by atoms with E-state index >= 15 is 0 Å². The molecule has 0 aliphatic carbocycles. The second-order valence-corrected chi connectivity index (χ2v) is 5.59. The molecule has 0 saturated carbocycles. The molecular formula is C14H26N2. The van der Waals surface area contributed by atoms with Crippen molar-refractivity contribution in [2.75, 3.05) is 0 Å². The van der Waals surface area contributed by atoms with Crippen LogP contribution < -0.4 is 0 Å². The predicted octanol–water partition coefficient (Wildman–Crippen LogP) is 3.91. The molecule has 0 fully saturated rings. The molecule has 0 amide bonds. The fraction of sp³-hybridized carbons (Fsp3) is 0.786. The third-order valence-electron chi connectivity index (χ3n) is 2.75. The van der Waals surface area contributed by atoms with E-state index in [9.17, 15) is 0 Å². The van der Waals surface area contributed by atoms with E-state index in [-0.39, 0.29) is 0 Å². The first-order chi connectivity index (χ1) is 7.58. The summed E-state index contributed by atoms with van der Waals surface area (Å²) in [7, 11) is 0. The van der Waals surface area contributed by atoms with Crippen molar-refractivity contribution in [2.45, 2.75) is 59.9 Å². The fourth-order valence-corrected chi connectivity index (χ4v) is 1.90. The summed E-state index contributed by atoms with van der Waals surface area (Å²) < 4.78 is 2.23. The molecule has 0 aliphatic heterocycles. The van der Waals surface area contributed by atoms with E-state index in [0.717, 1.165) is 18.9 Å². The average molecular weight is 222 g/mol. The normalized spacial score (nSPS) is 11.6. The van der Waals surface area contributed by atoms with E-state index in [4.69, 9.17) is 0 Å². The van der Waals surface area contributed by atoms with Gasteiger partial charge in [-0.2, -0.15) is 0 Å². The zero-order valence-corrected chi connectivity index (χ0v) is 11.2. The maximum atomic E-state index is 4.43. The van der Waals surface area contributed by atoms with Crippen molar-refractivity contribution in [1.82, 2.24) is 9.55 Å². The molecule has 1 aromatic rings. The van der Waals surface area contributed by atoms with Crippen LogP contribution in [0.3, 0.4) is 0 Å². The maximum Gasteiger partial charge on any atom is 0.0949 e. The van der Waals surface area contributed by atoms with Gasteiger partial charge in [0.05, 0.1) is 12.0 Å². The van der Waals surface area contributed by atoms with E-state index in [1.165, 1.54) is 25.0 Å². The van der Waals surface area contributed by atoms with Gasteiger partial charge in [0.25, 0.3) is 0 Å². The number of imidazole rings is 1. The molecule has 0 spiro atoms. The van der Waals surface area contributed by atoms with E-state index < -0.39 is 0 Å². The zero-order chi connectivity index (χ0) is 12.0. The van der Waals surface area contributed by atoms with Crippen LogP contribution in [0, 0.1) is 11.8 Å². The molecule has 2 heteroatoms. The summed E-state index contributed by atoms with van der Waals surface area (Å²) in [6.07, 6.45) is 9.22. The molecule has 0 atom stereocenters. The van der Waals surface area contributed by atoms with Crippen LogP contribution in [-0.4, -0.2) is 9.55 Å². The number of aryl methyl sites for hydroxylation is 1. The lowest BCUT2D eigenvalue weighted by Gasteiger charge is -2.04. The second-order valence-electron chi connectivity index (χ2n) is 5.59. The Morgan fingerprint density at radius 3 is 2.50 bits per heavy atom. The quantitative estimate of drug-likeness (QED) is 0.640. The van der Waals surface area contributed by atoms with Gasteiger partial charge in [-0.05, 0) is 24.7 Å². The predicted molar refractivity (Wildman–Crippen MR) is 69.5 cm³/mol. The van der Waals surface area contributed by atoms with Gasteiger partial charge in [0.2, 0.25) is 0 Å². The highest BCUT2D eigenvalue weighted by Gasteiger charge is 2.01. The van der Waals surface area contributed by atoms with E-state index in [1.807, 2.05) is 6.33 Å². The van der Waals surface area contributed by atoms with Crippen molar-refractivity contribution in [3.05, 3.63) is 18.2 Å². The largest absolute Gasteiger partial charge is 0.337 e. The number of aromatic nitrogens is 2. The number of rotatable bonds is 7. The summed E-state index contributed by atoms with van der Waals surface area (Å²) in [4.78, 5) is 4.43. The maximum absolute atomic E-state index is 4.43. The van der Waals surface area contributed by atoms with Crippen molar-refractivity contribution in [1.29, 1.82) is 0 Å². The van der Waals surface area contributed by atoms with Gasteiger partial charge in [0.15, 0.2) is 0 Å². The van der Waals surface area contributed by atoms with Gasteiger partial charge >= 0.3 is 0 Å². The minimum absolute atomic E-state index is 0.698. The number of hydrogen-bond donors (Lipinski definition) is 0. The van der Waals surface area contributed by atoms with Crippen molar-refractivity contribution < 1.29 is 0 Å². The lowest BCUT2D eigenvalue weighted by atomic mass is 10.1. The van der Waals surface area contributed by atoms with Crippen LogP contribution in [0.15, 0.2) is 12.5 Å². The molecule has 2 nitrogen and oxygen atoms in total. The van der Waals surface area contributed by atoms with Crippen LogP contribution in [0.25, 0.3) is 0 Å². The number of nitrogens with zero attached hydrogens (tertiary/aromatic N) is 2. The van der Waals surface area contributed by atoms with Gasteiger partial charge < -0.3 is 4.57 Å². The molecule has 0 aromatic carbocycles. The lowest BCUT2D eigenvalue weighted by Crippen LogP contribution is -1.97. The molecule has 1 aromatic heterocycles. The van der Waals surface area contributed by atoms with E-state index in [0.29, 0.717) is 5.92 Å². The smallest absolute Gasteiger partial charge is 0.0949 e. The van der Waals surface area contributed by atoms with Gasteiger partial charge in [-0.15, -0.1) is 0 Å². The molecule has 0 unspecified atom stereocenters. The van der Waals surface area contributed by atoms with Crippen molar-refractivity contribution in [2.24, 2.45) is 11.8 Å². The Hall–Kier alpha value is -0.790. The van der Waals surface area contributed by atoms with Crippen LogP contribution >= 0.6 is 0 Å². The minimum atomic E-state index is 0.698. The third-order valence-corrected chi connectivity index (χ3v) is 2.75. The van der Waals surface area contributed by atoms with Crippen LogP contribution in [0.5, 0.6) is 0 Å². The Bertz CT molecular complexity index is 287. The van der Waals surface area contributed by atoms with Gasteiger partial charge in [0.1, 0.15) is 0 Å². The average Bonchev–Trinajstić information content (AvgIpc) is 2.59. The number of hydrogen-bond acceptors (Lipinski definition) is 1. The van der Waals surface area contributed by atoms with Gasteiger partial charge in [-0.25, -0.2) is 4.98 Å². The Kier molecular flexibility index (Phi) is 5.58. The van der Waals surface area contributed by atoms with Crippen molar-refractivity contribution in [3.8, 4) is 0 Å².